The van der Waals surface area contributed by atoms with Gasteiger partial charge in [0.2, 0.25) is 5.89 Å². The molecule has 0 aliphatic rings. The van der Waals surface area contributed by atoms with Gasteiger partial charge in [-0.2, -0.15) is 0 Å². The first-order chi connectivity index (χ1) is 8.20. The number of carbonyl (C=O) groups is 1. The maximum atomic E-state index is 10.9. The van der Waals surface area contributed by atoms with E-state index in [0.29, 0.717) is 18.1 Å². The molecule has 2 aromatic rings. The van der Waals surface area contributed by atoms with Crippen LogP contribution in [0.2, 0.25) is 0 Å². The average molecular weight is 251 g/mol. The van der Waals surface area contributed by atoms with Crippen LogP contribution in [0.3, 0.4) is 0 Å². The Bertz CT molecular complexity index is 490. The number of thioether (sulfide) groups is 1. The summed E-state index contributed by atoms with van der Waals surface area (Å²) in [5, 5.41) is 8.52. The van der Waals surface area contributed by atoms with E-state index in [1.807, 2.05) is 31.2 Å². The van der Waals surface area contributed by atoms with E-state index in [1.165, 1.54) is 11.8 Å². The molecule has 1 heterocycles. The molecule has 0 bridgehead atoms. The van der Waals surface area contributed by atoms with Crippen molar-refractivity contribution >= 4 is 28.8 Å². The molecule has 0 saturated heterocycles. The van der Waals surface area contributed by atoms with Crippen LogP contribution in [0.1, 0.15) is 19.2 Å². The van der Waals surface area contributed by atoms with E-state index in [2.05, 4.69) is 4.98 Å². The third-order valence-corrected chi connectivity index (χ3v) is 3.74. The topological polar surface area (TPSA) is 63.3 Å². The third kappa shape index (κ3) is 2.79. The Morgan fingerprint density at radius 3 is 2.94 bits per heavy atom. The number of fused-ring (bicyclic) bond motifs is 1. The number of carboxylic acid groups (broad SMARTS) is 1. The Morgan fingerprint density at radius 1 is 1.53 bits per heavy atom. The van der Waals surface area contributed by atoms with E-state index in [1.54, 1.807) is 0 Å². The number of aromatic nitrogens is 1. The van der Waals surface area contributed by atoms with Gasteiger partial charge in [-0.15, -0.1) is 11.8 Å². The van der Waals surface area contributed by atoms with Gasteiger partial charge in [-0.05, 0) is 18.6 Å². The first-order valence-corrected chi connectivity index (χ1v) is 6.44. The molecule has 1 unspecified atom stereocenters. The molecule has 0 aliphatic carbocycles. The Morgan fingerprint density at radius 2 is 2.29 bits per heavy atom. The van der Waals surface area contributed by atoms with Gasteiger partial charge in [-0.1, -0.05) is 19.1 Å². The third-order valence-electron chi connectivity index (χ3n) is 2.39. The molecule has 0 spiro atoms. The summed E-state index contributed by atoms with van der Waals surface area (Å²) in [5.74, 6) is 0.281. The van der Waals surface area contributed by atoms with Gasteiger partial charge in [0.15, 0.2) is 5.58 Å². The summed E-state index contributed by atoms with van der Waals surface area (Å²) in [5.41, 5.74) is 1.55. The number of oxazole rings is 1. The van der Waals surface area contributed by atoms with E-state index in [-0.39, 0.29) is 0 Å². The maximum Gasteiger partial charge on any atom is 0.316 e. The van der Waals surface area contributed by atoms with Crippen LogP contribution in [0.5, 0.6) is 0 Å². The lowest BCUT2D eigenvalue weighted by Gasteiger charge is -2.06. The van der Waals surface area contributed by atoms with Gasteiger partial charge in [0, 0.05) is 0 Å². The molecule has 0 amide bonds. The van der Waals surface area contributed by atoms with Gasteiger partial charge in [0.05, 0.1) is 5.75 Å². The summed E-state index contributed by atoms with van der Waals surface area (Å²) in [4.78, 5) is 15.1. The fraction of sp³-hybridized carbons (Fsp3) is 0.333. The van der Waals surface area contributed by atoms with Crippen molar-refractivity contribution in [2.75, 3.05) is 0 Å². The minimum Gasteiger partial charge on any atom is -0.480 e. The number of benzene rings is 1. The van der Waals surface area contributed by atoms with E-state index in [0.717, 1.165) is 11.1 Å². The largest absolute Gasteiger partial charge is 0.480 e. The zero-order chi connectivity index (χ0) is 12.3. The van der Waals surface area contributed by atoms with Crippen LogP contribution in [0.15, 0.2) is 28.7 Å². The molecule has 17 heavy (non-hydrogen) atoms. The zero-order valence-corrected chi connectivity index (χ0v) is 10.2. The lowest BCUT2D eigenvalue weighted by molar-refractivity contribution is -0.136. The van der Waals surface area contributed by atoms with Crippen LogP contribution in [0, 0.1) is 0 Å². The molecule has 1 N–H and O–H groups in total. The number of carboxylic acids is 1. The molecule has 5 heteroatoms. The Kier molecular flexibility index (Phi) is 3.68. The second-order valence-corrected chi connectivity index (χ2v) is 4.81. The standard InChI is InChI=1S/C12H13NO3S/c1-2-10(12(14)15)17-7-11-13-8-5-3-4-6-9(8)16-11/h3-6,10H,2,7H2,1H3,(H,14,15). The number of para-hydroxylation sites is 2. The summed E-state index contributed by atoms with van der Waals surface area (Å²) in [6.07, 6.45) is 0.597. The van der Waals surface area contributed by atoms with E-state index >= 15 is 0 Å². The van der Waals surface area contributed by atoms with Gasteiger partial charge in [0.25, 0.3) is 0 Å². The van der Waals surface area contributed by atoms with Crippen LogP contribution in [-0.4, -0.2) is 21.3 Å². The van der Waals surface area contributed by atoms with E-state index in [9.17, 15) is 4.79 Å². The highest BCUT2D eigenvalue weighted by atomic mass is 32.2. The quantitative estimate of drug-likeness (QED) is 0.885. The summed E-state index contributed by atoms with van der Waals surface area (Å²) < 4.78 is 5.52. The van der Waals surface area contributed by atoms with Crippen molar-refractivity contribution in [3.05, 3.63) is 30.2 Å². The van der Waals surface area contributed by atoms with Gasteiger partial charge in [-0.25, -0.2) is 4.98 Å². The molecule has 0 fully saturated rings. The number of hydrogen-bond donors (Lipinski definition) is 1. The minimum absolute atomic E-state index is 0.398. The van der Waals surface area contributed by atoms with Gasteiger partial charge >= 0.3 is 5.97 Å². The fourth-order valence-corrected chi connectivity index (χ4v) is 2.36. The molecule has 1 aromatic heterocycles. The average Bonchev–Trinajstić information content (AvgIpc) is 2.71. The lowest BCUT2D eigenvalue weighted by Crippen LogP contribution is -2.15. The molecule has 1 atom stereocenters. The van der Waals surface area contributed by atoms with Crippen molar-refractivity contribution in [3.63, 3.8) is 0 Å². The second-order valence-electron chi connectivity index (χ2n) is 3.62. The Labute approximate surface area is 103 Å². The predicted molar refractivity (Wildman–Crippen MR) is 67.0 cm³/mol. The molecule has 4 nitrogen and oxygen atoms in total. The summed E-state index contributed by atoms with van der Waals surface area (Å²) in [6.45, 7) is 1.86. The van der Waals surface area contributed by atoms with Gasteiger partial charge in [0.1, 0.15) is 10.8 Å². The van der Waals surface area contributed by atoms with E-state index < -0.39 is 11.2 Å². The maximum absolute atomic E-state index is 10.9. The number of rotatable bonds is 5. The molecular weight excluding hydrogens is 238 g/mol. The number of hydrogen-bond acceptors (Lipinski definition) is 4. The number of aliphatic carboxylic acids is 1. The normalized spacial score (nSPS) is 12.8. The van der Waals surface area contributed by atoms with Crippen molar-refractivity contribution in [3.8, 4) is 0 Å². The second kappa shape index (κ2) is 5.23. The number of nitrogens with zero attached hydrogens (tertiary/aromatic N) is 1. The van der Waals surface area contributed by atoms with Crippen LogP contribution in [0.4, 0.5) is 0 Å². The van der Waals surface area contributed by atoms with Crippen LogP contribution < -0.4 is 0 Å². The highest BCUT2D eigenvalue weighted by Gasteiger charge is 2.16. The summed E-state index contributed by atoms with van der Waals surface area (Å²) in [6, 6.07) is 7.51. The molecule has 0 radical (unpaired) electrons. The first-order valence-electron chi connectivity index (χ1n) is 5.39. The van der Waals surface area contributed by atoms with Gasteiger partial charge < -0.3 is 9.52 Å². The molecule has 1 aromatic carbocycles. The Hall–Kier alpha value is -1.49. The molecule has 0 aliphatic heterocycles. The van der Waals surface area contributed by atoms with Gasteiger partial charge in [-0.3, -0.25) is 4.79 Å². The SMILES string of the molecule is CCC(SCc1nc2ccccc2o1)C(=O)O. The summed E-state index contributed by atoms with van der Waals surface area (Å²) in [7, 11) is 0. The predicted octanol–water partition coefficient (Wildman–Crippen LogP) is 2.92. The van der Waals surface area contributed by atoms with E-state index in [4.69, 9.17) is 9.52 Å². The zero-order valence-electron chi connectivity index (χ0n) is 9.42. The Balaban J connectivity index is 2.06. The van der Waals surface area contributed by atoms with Crippen LogP contribution in [0.25, 0.3) is 11.1 Å². The first kappa shape index (κ1) is 12.0. The lowest BCUT2D eigenvalue weighted by atomic mass is 10.3. The molecule has 90 valence electrons. The van der Waals surface area contributed by atoms with Crippen LogP contribution >= 0.6 is 11.8 Å². The summed E-state index contributed by atoms with van der Waals surface area (Å²) >= 11 is 1.34. The monoisotopic (exact) mass is 251 g/mol. The highest BCUT2D eigenvalue weighted by molar-refractivity contribution is 7.99. The molecular formula is C12H13NO3S. The molecule has 2 rings (SSSR count). The fourth-order valence-electron chi connectivity index (χ4n) is 1.52. The molecule has 0 saturated carbocycles. The smallest absolute Gasteiger partial charge is 0.316 e. The van der Waals surface area contributed by atoms with Crippen molar-refractivity contribution in [1.82, 2.24) is 4.98 Å². The van der Waals surface area contributed by atoms with Crippen LogP contribution in [-0.2, 0) is 10.5 Å². The highest BCUT2D eigenvalue weighted by Crippen LogP contribution is 2.23. The van der Waals surface area contributed by atoms with Crippen molar-refractivity contribution in [2.24, 2.45) is 0 Å². The van der Waals surface area contributed by atoms with Crippen molar-refractivity contribution in [1.29, 1.82) is 0 Å². The van der Waals surface area contributed by atoms with Crippen molar-refractivity contribution in [2.45, 2.75) is 24.3 Å². The minimum atomic E-state index is -0.784. The van der Waals surface area contributed by atoms with Crippen molar-refractivity contribution < 1.29 is 14.3 Å².